The molecule has 0 fully saturated rings. The van der Waals surface area contributed by atoms with E-state index in [1.54, 1.807) is 13.2 Å². The van der Waals surface area contributed by atoms with Gasteiger partial charge >= 0.3 is 0 Å². The molecule has 0 radical (unpaired) electrons. The Morgan fingerprint density at radius 2 is 2.38 bits per heavy atom. The molecule has 1 unspecified atom stereocenters. The average Bonchev–Trinajstić information content (AvgIpc) is 2.15. The minimum Gasteiger partial charge on any atom is -0.497 e. The van der Waals surface area contributed by atoms with Crippen molar-refractivity contribution in [3.05, 3.63) is 24.3 Å². The first kappa shape index (κ1) is 10.1. The van der Waals surface area contributed by atoms with Crippen molar-refractivity contribution in [2.75, 3.05) is 19.0 Å². The highest BCUT2D eigenvalue weighted by atomic mass is 35.5. The summed E-state index contributed by atoms with van der Waals surface area (Å²) in [6.45, 7) is 0.0920. The van der Waals surface area contributed by atoms with E-state index in [1.807, 2.05) is 18.2 Å². The summed E-state index contributed by atoms with van der Waals surface area (Å²) < 4.78 is 17.2. The number of ether oxygens (including phenoxy) is 1. The first-order valence-corrected chi connectivity index (χ1v) is 4.32. The summed E-state index contributed by atoms with van der Waals surface area (Å²) in [6.07, 6.45) is 0. The minimum absolute atomic E-state index is 0.0920. The largest absolute Gasteiger partial charge is 0.497 e. The first-order chi connectivity index (χ1) is 6.22. The number of halogens is 2. The van der Waals surface area contributed by atoms with E-state index in [0.717, 1.165) is 11.4 Å². The van der Waals surface area contributed by atoms with Crippen LogP contribution >= 0.6 is 11.6 Å². The molecule has 1 rings (SSSR count). The predicted octanol–water partition coefficient (Wildman–Crippen LogP) is 2.64. The number of methoxy groups -OCH3 is 1. The Labute approximate surface area is 81.7 Å². The van der Waals surface area contributed by atoms with Gasteiger partial charge in [-0.1, -0.05) is 17.7 Å². The van der Waals surface area contributed by atoms with E-state index in [4.69, 9.17) is 16.3 Å². The van der Waals surface area contributed by atoms with Gasteiger partial charge in [0.25, 0.3) is 0 Å². The van der Waals surface area contributed by atoms with Crippen LogP contribution in [0.3, 0.4) is 0 Å². The summed E-state index contributed by atoms with van der Waals surface area (Å²) in [5, 5.41) is 2.83. The molecule has 1 atom stereocenters. The first-order valence-electron chi connectivity index (χ1n) is 3.88. The van der Waals surface area contributed by atoms with E-state index in [-0.39, 0.29) is 6.54 Å². The number of alkyl halides is 2. The zero-order valence-corrected chi connectivity index (χ0v) is 8.01. The summed E-state index contributed by atoms with van der Waals surface area (Å²) in [4.78, 5) is 0. The summed E-state index contributed by atoms with van der Waals surface area (Å²) in [7, 11) is 1.58. The normalized spacial score (nSPS) is 12.2. The van der Waals surface area contributed by atoms with Crippen LogP contribution in [0.5, 0.6) is 5.75 Å². The molecule has 4 heteroatoms. The average molecular weight is 204 g/mol. The Morgan fingerprint density at radius 1 is 1.62 bits per heavy atom. The fourth-order valence-corrected chi connectivity index (χ4v) is 1.01. The van der Waals surface area contributed by atoms with E-state index in [2.05, 4.69) is 5.32 Å². The summed E-state index contributed by atoms with van der Waals surface area (Å²) >= 11 is 5.14. The maximum atomic E-state index is 12.2. The second kappa shape index (κ2) is 4.92. The Balaban J connectivity index is 2.56. The lowest BCUT2D eigenvalue weighted by Crippen LogP contribution is -2.09. The summed E-state index contributed by atoms with van der Waals surface area (Å²) in [5.74, 6) is 0.731. The van der Waals surface area contributed by atoms with Crippen molar-refractivity contribution in [2.45, 2.75) is 5.63 Å². The van der Waals surface area contributed by atoms with Gasteiger partial charge in [0.05, 0.1) is 13.7 Å². The molecule has 1 aromatic carbocycles. The van der Waals surface area contributed by atoms with E-state index < -0.39 is 5.63 Å². The number of nitrogens with one attached hydrogen (secondary N) is 1. The maximum absolute atomic E-state index is 12.2. The van der Waals surface area contributed by atoms with E-state index in [0.29, 0.717) is 0 Å². The maximum Gasteiger partial charge on any atom is 0.190 e. The van der Waals surface area contributed by atoms with Crippen LogP contribution in [0.1, 0.15) is 0 Å². The molecule has 0 aliphatic heterocycles. The van der Waals surface area contributed by atoms with Crippen LogP contribution in [0, 0.1) is 0 Å². The highest BCUT2D eigenvalue weighted by molar-refractivity contribution is 6.19. The molecular formula is C9H11ClFNO. The van der Waals surface area contributed by atoms with Crippen LogP contribution in [0.25, 0.3) is 0 Å². The van der Waals surface area contributed by atoms with Crippen LogP contribution in [0.15, 0.2) is 24.3 Å². The second-order valence-electron chi connectivity index (χ2n) is 2.50. The van der Waals surface area contributed by atoms with Gasteiger partial charge in [0, 0.05) is 11.8 Å². The highest BCUT2D eigenvalue weighted by Crippen LogP contribution is 2.16. The third-order valence-corrected chi connectivity index (χ3v) is 1.68. The Kier molecular flexibility index (Phi) is 3.83. The number of rotatable bonds is 4. The van der Waals surface area contributed by atoms with Crippen molar-refractivity contribution in [3.8, 4) is 5.75 Å². The molecule has 0 heterocycles. The van der Waals surface area contributed by atoms with Crippen molar-refractivity contribution < 1.29 is 9.13 Å². The molecule has 72 valence electrons. The molecule has 1 aromatic rings. The lowest BCUT2D eigenvalue weighted by atomic mass is 10.3. The monoisotopic (exact) mass is 203 g/mol. The molecule has 0 bridgehead atoms. The van der Waals surface area contributed by atoms with Gasteiger partial charge in [-0.2, -0.15) is 0 Å². The molecule has 0 aromatic heterocycles. The third kappa shape index (κ3) is 3.51. The van der Waals surface area contributed by atoms with Gasteiger partial charge < -0.3 is 10.1 Å². The molecule has 0 saturated heterocycles. The quantitative estimate of drug-likeness (QED) is 0.760. The van der Waals surface area contributed by atoms with Crippen molar-refractivity contribution >= 4 is 17.3 Å². The zero-order chi connectivity index (χ0) is 9.68. The van der Waals surface area contributed by atoms with Crippen LogP contribution in [0.4, 0.5) is 10.1 Å². The lowest BCUT2D eigenvalue weighted by molar-refractivity contribution is 0.415. The number of anilines is 1. The van der Waals surface area contributed by atoms with Gasteiger partial charge in [-0.3, -0.25) is 0 Å². The minimum atomic E-state index is -1.37. The highest BCUT2D eigenvalue weighted by Gasteiger charge is 2.00. The van der Waals surface area contributed by atoms with Crippen molar-refractivity contribution in [1.29, 1.82) is 0 Å². The van der Waals surface area contributed by atoms with E-state index in [1.165, 1.54) is 0 Å². The standard InChI is InChI=1S/C9H11ClFNO/c1-13-8-4-2-3-7(5-8)12-6-9(10)11/h2-5,9,12H,6H2,1H3. The molecule has 2 nitrogen and oxygen atoms in total. The zero-order valence-electron chi connectivity index (χ0n) is 7.26. The fraction of sp³-hybridized carbons (Fsp3) is 0.333. The van der Waals surface area contributed by atoms with Crippen LogP contribution in [0.2, 0.25) is 0 Å². The second-order valence-corrected chi connectivity index (χ2v) is 2.98. The van der Waals surface area contributed by atoms with Crippen LogP contribution < -0.4 is 10.1 Å². The van der Waals surface area contributed by atoms with Gasteiger partial charge in [-0.05, 0) is 12.1 Å². The van der Waals surface area contributed by atoms with Crippen molar-refractivity contribution in [3.63, 3.8) is 0 Å². The predicted molar refractivity (Wildman–Crippen MR) is 52.2 cm³/mol. The molecule has 0 aliphatic rings. The van der Waals surface area contributed by atoms with Crippen molar-refractivity contribution in [1.82, 2.24) is 0 Å². The van der Waals surface area contributed by atoms with Gasteiger partial charge in [-0.15, -0.1) is 0 Å². The van der Waals surface area contributed by atoms with E-state index >= 15 is 0 Å². The molecule has 1 N–H and O–H groups in total. The summed E-state index contributed by atoms with van der Waals surface area (Å²) in [6, 6.07) is 7.24. The van der Waals surface area contributed by atoms with Gasteiger partial charge in [-0.25, -0.2) is 4.39 Å². The summed E-state index contributed by atoms with van der Waals surface area (Å²) in [5.41, 5.74) is -0.575. The lowest BCUT2D eigenvalue weighted by Gasteiger charge is -2.07. The number of benzene rings is 1. The Bertz CT molecular complexity index is 268. The Hall–Kier alpha value is -0.960. The molecular weight excluding hydrogens is 193 g/mol. The molecule has 0 spiro atoms. The molecule has 0 amide bonds. The third-order valence-electron chi connectivity index (χ3n) is 1.53. The van der Waals surface area contributed by atoms with Gasteiger partial charge in [0.1, 0.15) is 5.75 Å². The van der Waals surface area contributed by atoms with Gasteiger partial charge in [0.15, 0.2) is 5.63 Å². The number of hydrogen-bond acceptors (Lipinski definition) is 2. The SMILES string of the molecule is COc1cccc(NCC(F)Cl)c1. The molecule has 0 aliphatic carbocycles. The van der Waals surface area contributed by atoms with Crippen LogP contribution in [-0.2, 0) is 0 Å². The van der Waals surface area contributed by atoms with Crippen LogP contribution in [-0.4, -0.2) is 19.3 Å². The van der Waals surface area contributed by atoms with E-state index in [9.17, 15) is 4.39 Å². The topological polar surface area (TPSA) is 21.3 Å². The number of hydrogen-bond donors (Lipinski definition) is 1. The molecule has 0 saturated carbocycles. The van der Waals surface area contributed by atoms with Crippen molar-refractivity contribution in [2.24, 2.45) is 0 Å². The smallest absolute Gasteiger partial charge is 0.190 e. The Morgan fingerprint density at radius 3 is 3.00 bits per heavy atom. The van der Waals surface area contributed by atoms with Gasteiger partial charge in [0.2, 0.25) is 0 Å². The molecule has 13 heavy (non-hydrogen) atoms. The fourth-order valence-electron chi connectivity index (χ4n) is 0.928.